The Morgan fingerprint density at radius 2 is 2.04 bits per heavy atom. The molecule has 1 aromatic carbocycles. The van der Waals surface area contributed by atoms with Gasteiger partial charge in [-0.25, -0.2) is 0 Å². The molecule has 0 spiro atoms. The lowest BCUT2D eigenvalue weighted by molar-refractivity contribution is -0.147. The first kappa shape index (κ1) is 21.0. The monoisotopic (exact) mass is 377 g/mol. The van der Waals surface area contributed by atoms with E-state index in [0.29, 0.717) is 12.5 Å². The quantitative estimate of drug-likeness (QED) is 0.525. The van der Waals surface area contributed by atoms with Crippen LogP contribution in [0.4, 0.5) is 0 Å². The van der Waals surface area contributed by atoms with Crippen LogP contribution in [0.5, 0.6) is 0 Å². The molecular weight excluding hydrogens is 346 g/mol. The van der Waals surface area contributed by atoms with Gasteiger partial charge in [0, 0.05) is 18.6 Å². The fraction of sp³-hybridized carbons (Fsp3) is 0.591. The summed E-state index contributed by atoms with van der Waals surface area (Å²) in [5.74, 6) is 0.725. The van der Waals surface area contributed by atoms with Gasteiger partial charge < -0.3 is 4.74 Å². The van der Waals surface area contributed by atoms with Crippen molar-refractivity contribution in [3.8, 4) is 0 Å². The second-order valence-electron chi connectivity index (χ2n) is 8.29. The van der Waals surface area contributed by atoms with Crippen LogP contribution in [0.3, 0.4) is 0 Å². The number of hydrogen-bond acceptors (Lipinski definition) is 3. The summed E-state index contributed by atoms with van der Waals surface area (Å²) >= 11 is 0. The number of nitrogens with zero attached hydrogens (tertiary/aromatic N) is 1. The Morgan fingerprint density at radius 1 is 1.31 bits per heavy atom. The second kappa shape index (κ2) is 9.05. The number of esters is 1. The topological polar surface area (TPSA) is 29.5 Å². The van der Waals surface area contributed by atoms with Crippen molar-refractivity contribution < 1.29 is 9.53 Å². The van der Waals surface area contributed by atoms with Crippen molar-refractivity contribution >= 4 is 18.4 Å². The Kier molecular flexibility index (Phi) is 7.31. The lowest BCUT2D eigenvalue weighted by atomic mass is 9.85. The number of halogens is 1. The minimum absolute atomic E-state index is 0. The second-order valence-corrected chi connectivity index (χ2v) is 8.29. The summed E-state index contributed by atoms with van der Waals surface area (Å²) in [5.41, 5.74) is 1.28. The molecule has 0 amide bonds. The SMILES string of the molecule is CC1CN(CCOC(=O)C(c2ccccc2)C2C=CCC2)C(C)(C)C1.Cl. The Bertz CT molecular complexity index is 614. The maximum absolute atomic E-state index is 12.9. The van der Waals surface area contributed by atoms with Gasteiger partial charge >= 0.3 is 5.97 Å². The zero-order valence-corrected chi connectivity index (χ0v) is 17.0. The Morgan fingerprint density at radius 3 is 2.62 bits per heavy atom. The molecule has 3 atom stereocenters. The third kappa shape index (κ3) is 4.89. The van der Waals surface area contributed by atoms with Crippen LogP contribution < -0.4 is 0 Å². The average molecular weight is 378 g/mol. The van der Waals surface area contributed by atoms with E-state index in [9.17, 15) is 4.79 Å². The van der Waals surface area contributed by atoms with E-state index < -0.39 is 0 Å². The minimum atomic E-state index is -0.175. The highest BCUT2D eigenvalue weighted by molar-refractivity contribution is 5.85. The maximum Gasteiger partial charge on any atom is 0.314 e. The number of ether oxygens (including phenoxy) is 1. The fourth-order valence-electron chi connectivity index (χ4n) is 4.56. The number of benzene rings is 1. The highest BCUT2D eigenvalue weighted by Crippen LogP contribution is 2.35. The van der Waals surface area contributed by atoms with Crippen LogP contribution in [0.1, 0.15) is 51.5 Å². The molecular formula is C22H32ClNO2. The van der Waals surface area contributed by atoms with Crippen molar-refractivity contribution in [1.82, 2.24) is 4.90 Å². The molecule has 144 valence electrons. The molecule has 3 unspecified atom stereocenters. The lowest BCUT2D eigenvalue weighted by Gasteiger charge is -2.31. The van der Waals surface area contributed by atoms with E-state index in [2.05, 4.69) is 37.8 Å². The Balaban J connectivity index is 0.00000243. The molecule has 1 fully saturated rings. The fourth-order valence-corrected chi connectivity index (χ4v) is 4.56. The summed E-state index contributed by atoms with van der Waals surface area (Å²) in [6, 6.07) is 10.1. The van der Waals surface area contributed by atoms with E-state index >= 15 is 0 Å². The van der Waals surface area contributed by atoms with E-state index in [0.717, 1.165) is 31.5 Å². The highest BCUT2D eigenvalue weighted by Gasteiger charge is 2.36. The van der Waals surface area contributed by atoms with Crippen LogP contribution in [0.15, 0.2) is 42.5 Å². The van der Waals surface area contributed by atoms with E-state index in [1.165, 1.54) is 6.42 Å². The van der Waals surface area contributed by atoms with Gasteiger partial charge in [-0.15, -0.1) is 12.4 Å². The number of rotatable bonds is 6. The van der Waals surface area contributed by atoms with Crippen molar-refractivity contribution in [2.75, 3.05) is 19.7 Å². The number of likely N-dealkylation sites (tertiary alicyclic amines) is 1. The van der Waals surface area contributed by atoms with Gasteiger partial charge in [0.2, 0.25) is 0 Å². The molecule has 4 heteroatoms. The summed E-state index contributed by atoms with van der Waals surface area (Å²) in [6.07, 6.45) is 7.67. The normalized spacial score (nSPS) is 25.7. The summed E-state index contributed by atoms with van der Waals surface area (Å²) in [7, 11) is 0. The molecule has 3 nitrogen and oxygen atoms in total. The maximum atomic E-state index is 12.9. The molecule has 1 aliphatic heterocycles. The van der Waals surface area contributed by atoms with Crippen molar-refractivity contribution in [2.24, 2.45) is 11.8 Å². The molecule has 0 aromatic heterocycles. The van der Waals surface area contributed by atoms with Crippen molar-refractivity contribution in [1.29, 1.82) is 0 Å². The average Bonchev–Trinajstić information content (AvgIpc) is 3.17. The first-order valence-corrected chi connectivity index (χ1v) is 9.60. The number of carbonyl (C=O) groups is 1. The first-order valence-electron chi connectivity index (χ1n) is 9.60. The van der Waals surface area contributed by atoms with Gasteiger partial charge in [0.15, 0.2) is 0 Å². The minimum Gasteiger partial charge on any atom is -0.464 e. The Labute approximate surface area is 164 Å². The molecule has 1 heterocycles. The summed E-state index contributed by atoms with van der Waals surface area (Å²) in [4.78, 5) is 15.3. The predicted octanol–water partition coefficient (Wildman–Crippen LogP) is 4.82. The standard InChI is InChI=1S/C22H31NO2.ClH/c1-17-15-22(2,3)23(16-17)13-14-25-21(24)20(19-11-7-8-12-19)18-9-5-4-6-10-18;/h4-7,9-11,17,19-20H,8,12-16H2,1-3H3;1H. The third-order valence-corrected chi connectivity index (χ3v) is 5.73. The van der Waals surface area contributed by atoms with Gasteiger partial charge in [-0.2, -0.15) is 0 Å². The number of allylic oxidation sites excluding steroid dienone is 2. The first-order chi connectivity index (χ1) is 12.0. The number of hydrogen-bond donors (Lipinski definition) is 0. The van der Waals surface area contributed by atoms with Crippen LogP contribution in [0.25, 0.3) is 0 Å². The van der Waals surface area contributed by atoms with Crippen molar-refractivity contribution in [3.05, 3.63) is 48.0 Å². The summed E-state index contributed by atoms with van der Waals surface area (Å²) < 4.78 is 5.75. The van der Waals surface area contributed by atoms with E-state index in [1.807, 2.05) is 30.3 Å². The molecule has 26 heavy (non-hydrogen) atoms. The van der Waals surface area contributed by atoms with Gasteiger partial charge in [0.05, 0.1) is 5.92 Å². The zero-order valence-electron chi connectivity index (χ0n) is 16.2. The molecule has 0 saturated carbocycles. The molecule has 1 saturated heterocycles. The zero-order chi connectivity index (χ0) is 17.9. The third-order valence-electron chi connectivity index (χ3n) is 5.73. The van der Waals surface area contributed by atoms with Gasteiger partial charge in [0.1, 0.15) is 6.61 Å². The van der Waals surface area contributed by atoms with Crippen molar-refractivity contribution in [2.45, 2.75) is 51.5 Å². The molecule has 2 aliphatic rings. The molecule has 0 N–H and O–H groups in total. The van der Waals surface area contributed by atoms with Crippen LogP contribution in [-0.2, 0) is 9.53 Å². The van der Waals surface area contributed by atoms with E-state index in [4.69, 9.17) is 4.74 Å². The van der Waals surface area contributed by atoms with Crippen molar-refractivity contribution in [3.63, 3.8) is 0 Å². The highest BCUT2D eigenvalue weighted by atomic mass is 35.5. The van der Waals surface area contributed by atoms with E-state index in [-0.39, 0.29) is 35.8 Å². The molecule has 0 radical (unpaired) electrons. The van der Waals surface area contributed by atoms with Gasteiger partial charge in [-0.1, -0.05) is 49.4 Å². The van der Waals surface area contributed by atoms with Crippen LogP contribution in [-0.4, -0.2) is 36.1 Å². The van der Waals surface area contributed by atoms with E-state index in [1.54, 1.807) is 0 Å². The van der Waals surface area contributed by atoms with Crippen LogP contribution in [0.2, 0.25) is 0 Å². The summed E-state index contributed by atoms with van der Waals surface area (Å²) in [5, 5.41) is 0. The molecule has 1 aromatic rings. The smallest absolute Gasteiger partial charge is 0.314 e. The van der Waals surface area contributed by atoms with Gasteiger partial charge in [-0.3, -0.25) is 9.69 Å². The molecule has 0 bridgehead atoms. The molecule has 1 aliphatic carbocycles. The van der Waals surface area contributed by atoms with Crippen LogP contribution in [0, 0.1) is 11.8 Å². The largest absolute Gasteiger partial charge is 0.464 e. The summed E-state index contributed by atoms with van der Waals surface area (Å²) in [6.45, 7) is 9.27. The lowest BCUT2D eigenvalue weighted by Crippen LogP contribution is -2.40. The number of carbonyl (C=O) groups excluding carboxylic acids is 1. The Hall–Kier alpha value is -1.32. The van der Waals surface area contributed by atoms with Gasteiger partial charge in [0.25, 0.3) is 0 Å². The molecule has 3 rings (SSSR count). The van der Waals surface area contributed by atoms with Gasteiger partial charge in [-0.05, 0) is 50.5 Å². The predicted molar refractivity (Wildman–Crippen MR) is 109 cm³/mol. The van der Waals surface area contributed by atoms with Crippen LogP contribution >= 0.6 is 12.4 Å².